The van der Waals surface area contributed by atoms with Crippen LogP contribution in [0.5, 0.6) is 5.75 Å². The molecule has 0 aliphatic carbocycles. The van der Waals surface area contributed by atoms with E-state index >= 15 is 0 Å². The molecule has 1 fully saturated rings. The van der Waals surface area contributed by atoms with Crippen molar-refractivity contribution in [2.45, 2.75) is 45.1 Å². The summed E-state index contributed by atoms with van der Waals surface area (Å²) < 4.78 is 17.0. The van der Waals surface area contributed by atoms with Gasteiger partial charge in [-0.3, -0.25) is 14.5 Å². The minimum atomic E-state index is -1.02. The van der Waals surface area contributed by atoms with E-state index in [1.54, 1.807) is 0 Å². The van der Waals surface area contributed by atoms with E-state index in [9.17, 15) is 9.59 Å². The van der Waals surface area contributed by atoms with Crippen LogP contribution >= 0.6 is 0 Å². The van der Waals surface area contributed by atoms with Crippen molar-refractivity contribution < 1.29 is 28.9 Å². The largest absolute Gasteiger partial charge is 0.489 e. The van der Waals surface area contributed by atoms with Crippen LogP contribution in [0.2, 0.25) is 0 Å². The van der Waals surface area contributed by atoms with Crippen molar-refractivity contribution in [2.24, 2.45) is 0 Å². The van der Waals surface area contributed by atoms with E-state index in [-0.39, 0.29) is 19.4 Å². The zero-order chi connectivity index (χ0) is 23.5. The molecule has 0 amide bonds. The van der Waals surface area contributed by atoms with E-state index in [4.69, 9.17) is 19.3 Å². The Morgan fingerprint density at radius 1 is 1.09 bits per heavy atom. The molecule has 0 aromatic heterocycles. The van der Waals surface area contributed by atoms with Gasteiger partial charge >= 0.3 is 11.9 Å². The number of nitrogens with zero attached hydrogens (tertiary/aromatic N) is 1. The molecule has 3 rings (SSSR count). The Hall–Kier alpha value is -2.90. The van der Waals surface area contributed by atoms with Gasteiger partial charge in [0.25, 0.3) is 0 Å². The molecule has 1 heterocycles. The first-order valence-electron chi connectivity index (χ1n) is 11.5. The molecule has 33 heavy (non-hydrogen) atoms. The maximum atomic E-state index is 12.1. The van der Waals surface area contributed by atoms with Crippen LogP contribution in [0, 0.1) is 0 Å². The van der Waals surface area contributed by atoms with Crippen LogP contribution in [0.4, 0.5) is 0 Å². The molecule has 1 N–H and O–H groups in total. The third-order valence-electron chi connectivity index (χ3n) is 5.61. The van der Waals surface area contributed by atoms with E-state index in [0.29, 0.717) is 19.9 Å². The van der Waals surface area contributed by atoms with Gasteiger partial charge in [-0.1, -0.05) is 49.4 Å². The Morgan fingerprint density at radius 2 is 1.91 bits per heavy atom. The van der Waals surface area contributed by atoms with Crippen molar-refractivity contribution in [1.29, 1.82) is 0 Å². The first kappa shape index (κ1) is 24.7. The summed E-state index contributed by atoms with van der Waals surface area (Å²) in [6.07, 6.45) is 1.85. The molecule has 1 unspecified atom stereocenters. The van der Waals surface area contributed by atoms with Crippen molar-refractivity contribution in [2.75, 3.05) is 33.0 Å². The minimum Gasteiger partial charge on any atom is -0.489 e. The first-order valence-corrected chi connectivity index (χ1v) is 11.5. The van der Waals surface area contributed by atoms with Gasteiger partial charge < -0.3 is 19.3 Å². The lowest BCUT2D eigenvalue weighted by Crippen LogP contribution is -2.37. The van der Waals surface area contributed by atoms with E-state index in [1.165, 1.54) is 11.1 Å². The number of esters is 1. The number of carbonyl (C=O) groups is 2. The Labute approximate surface area is 195 Å². The van der Waals surface area contributed by atoms with Crippen LogP contribution in [0.3, 0.4) is 0 Å². The zero-order valence-corrected chi connectivity index (χ0v) is 19.2. The van der Waals surface area contributed by atoms with Crippen LogP contribution in [0.15, 0.2) is 48.5 Å². The third-order valence-corrected chi connectivity index (χ3v) is 5.61. The number of benzene rings is 2. The van der Waals surface area contributed by atoms with Crippen LogP contribution in [0.1, 0.15) is 36.5 Å². The Balaban J connectivity index is 1.60. The number of carbonyl (C=O) groups excluding carboxylic acids is 1. The molecule has 178 valence electrons. The van der Waals surface area contributed by atoms with Gasteiger partial charge in [0.15, 0.2) is 0 Å². The first-order chi connectivity index (χ1) is 16.0. The fourth-order valence-electron chi connectivity index (χ4n) is 3.78. The molecule has 0 spiro atoms. The maximum absolute atomic E-state index is 12.1. The van der Waals surface area contributed by atoms with Crippen LogP contribution in [0.25, 0.3) is 0 Å². The van der Waals surface area contributed by atoms with Crippen molar-refractivity contribution in [3.8, 4) is 5.75 Å². The molecule has 1 aliphatic rings. The van der Waals surface area contributed by atoms with Crippen LogP contribution in [-0.2, 0) is 38.3 Å². The molecule has 7 heteroatoms. The summed E-state index contributed by atoms with van der Waals surface area (Å²) in [5.41, 5.74) is 3.72. The molecule has 0 radical (unpaired) electrons. The Kier molecular flexibility index (Phi) is 9.72. The van der Waals surface area contributed by atoms with E-state index in [2.05, 4.69) is 37.3 Å². The molecular weight excluding hydrogens is 422 g/mol. The number of hydrogen-bond acceptors (Lipinski definition) is 6. The number of ether oxygens (including phenoxy) is 3. The maximum Gasteiger partial charge on any atom is 0.306 e. The van der Waals surface area contributed by atoms with E-state index in [0.717, 1.165) is 37.1 Å². The van der Waals surface area contributed by atoms with Crippen molar-refractivity contribution in [1.82, 2.24) is 4.90 Å². The van der Waals surface area contributed by atoms with Gasteiger partial charge in [0.1, 0.15) is 18.5 Å². The van der Waals surface area contributed by atoms with Crippen LogP contribution in [-0.4, -0.2) is 61.1 Å². The second kappa shape index (κ2) is 13.0. The minimum absolute atomic E-state index is 0.157. The molecule has 2 aromatic rings. The average molecular weight is 456 g/mol. The topological polar surface area (TPSA) is 85.3 Å². The number of para-hydroxylation sites is 1. The summed E-state index contributed by atoms with van der Waals surface area (Å²) in [4.78, 5) is 24.9. The monoisotopic (exact) mass is 455 g/mol. The molecular formula is C26H33NO6. The van der Waals surface area contributed by atoms with Gasteiger partial charge in [-0.2, -0.15) is 0 Å². The quantitative estimate of drug-likeness (QED) is 0.463. The normalized spacial score (nSPS) is 14.7. The number of hydrogen-bond donors (Lipinski definition) is 1. The number of carboxylic acid groups (broad SMARTS) is 1. The number of carboxylic acids is 1. The van der Waals surface area contributed by atoms with Gasteiger partial charge in [-0.05, 0) is 42.0 Å². The number of aryl methyl sites for hydroxylation is 3. The smallest absolute Gasteiger partial charge is 0.306 e. The fraction of sp³-hybridized carbons (Fsp3) is 0.462. The second-order valence-electron chi connectivity index (χ2n) is 8.21. The Bertz CT molecular complexity index is 909. The highest BCUT2D eigenvalue weighted by atomic mass is 16.6. The van der Waals surface area contributed by atoms with Gasteiger partial charge in [-0.25, -0.2) is 0 Å². The van der Waals surface area contributed by atoms with Gasteiger partial charge in [0.05, 0.1) is 26.2 Å². The highest BCUT2D eigenvalue weighted by Gasteiger charge is 2.22. The summed E-state index contributed by atoms with van der Waals surface area (Å²) in [6.45, 7) is 4.71. The standard InChI is InChI=1S/C26H33NO6/c1-2-20-6-5-7-21(16-20)10-11-22-8-3-4-9-24(22)32-18-23(17-27-14-15-31-19-27)33-26(30)13-12-25(28)29/h3-9,16,23H,2,10-15,17-19H2,1H3,(H,28,29). The molecule has 0 saturated carbocycles. The summed E-state index contributed by atoms with van der Waals surface area (Å²) in [5.74, 6) is -0.783. The summed E-state index contributed by atoms with van der Waals surface area (Å²) in [7, 11) is 0. The predicted octanol–water partition coefficient (Wildman–Crippen LogP) is 3.48. The summed E-state index contributed by atoms with van der Waals surface area (Å²) >= 11 is 0. The van der Waals surface area contributed by atoms with Gasteiger partial charge in [0, 0.05) is 13.1 Å². The zero-order valence-electron chi connectivity index (χ0n) is 19.2. The summed E-state index contributed by atoms with van der Waals surface area (Å²) in [6, 6.07) is 16.5. The lowest BCUT2D eigenvalue weighted by molar-refractivity contribution is -0.154. The second-order valence-corrected chi connectivity index (χ2v) is 8.21. The summed E-state index contributed by atoms with van der Waals surface area (Å²) in [5, 5.41) is 8.81. The van der Waals surface area contributed by atoms with Gasteiger partial charge in [-0.15, -0.1) is 0 Å². The molecule has 2 aromatic carbocycles. The predicted molar refractivity (Wildman–Crippen MR) is 124 cm³/mol. The highest BCUT2D eigenvalue weighted by molar-refractivity contribution is 5.76. The number of aliphatic carboxylic acids is 1. The van der Waals surface area contributed by atoms with Crippen molar-refractivity contribution in [3.05, 3.63) is 65.2 Å². The lowest BCUT2D eigenvalue weighted by atomic mass is 10.0. The molecule has 0 bridgehead atoms. The van der Waals surface area contributed by atoms with E-state index in [1.807, 2.05) is 23.1 Å². The average Bonchev–Trinajstić information content (AvgIpc) is 3.33. The molecule has 1 atom stereocenters. The van der Waals surface area contributed by atoms with Gasteiger partial charge in [0.2, 0.25) is 0 Å². The molecule has 1 saturated heterocycles. The fourth-order valence-corrected chi connectivity index (χ4v) is 3.78. The SMILES string of the molecule is CCc1cccc(CCc2ccccc2OCC(CN2CCOC2)OC(=O)CCC(=O)O)c1. The van der Waals surface area contributed by atoms with Crippen molar-refractivity contribution in [3.63, 3.8) is 0 Å². The third kappa shape index (κ3) is 8.51. The molecule has 1 aliphatic heterocycles. The highest BCUT2D eigenvalue weighted by Crippen LogP contribution is 2.21. The number of rotatable bonds is 13. The van der Waals surface area contributed by atoms with Crippen molar-refractivity contribution >= 4 is 11.9 Å². The Morgan fingerprint density at radius 3 is 2.67 bits per heavy atom. The molecule has 7 nitrogen and oxygen atoms in total. The lowest BCUT2D eigenvalue weighted by Gasteiger charge is -2.23. The van der Waals surface area contributed by atoms with E-state index < -0.39 is 18.0 Å². The van der Waals surface area contributed by atoms with Crippen LogP contribution < -0.4 is 4.74 Å².